The molecule has 5 heteroatoms. The van der Waals surface area contributed by atoms with Crippen molar-refractivity contribution in [3.05, 3.63) is 22.9 Å². The zero-order chi connectivity index (χ0) is 14.1. The summed E-state index contributed by atoms with van der Waals surface area (Å²) in [5, 5.41) is 0.640. The molecule has 3 nitrogen and oxygen atoms in total. The van der Waals surface area contributed by atoms with Crippen LogP contribution < -0.4 is 10.6 Å². The van der Waals surface area contributed by atoms with Crippen LogP contribution in [0.15, 0.2) is 6.07 Å². The van der Waals surface area contributed by atoms with Gasteiger partial charge >= 0.3 is 0 Å². The normalized spacial score (nSPS) is 22.4. The molecule has 1 aromatic heterocycles. The van der Waals surface area contributed by atoms with Gasteiger partial charge in [0.15, 0.2) is 0 Å². The molecule has 1 saturated heterocycles. The minimum atomic E-state index is 0.478. The number of aromatic nitrogens is 1. The van der Waals surface area contributed by atoms with Crippen LogP contribution in [-0.2, 0) is 12.8 Å². The summed E-state index contributed by atoms with van der Waals surface area (Å²) < 4.78 is 0. The van der Waals surface area contributed by atoms with E-state index in [-0.39, 0.29) is 0 Å². The van der Waals surface area contributed by atoms with Gasteiger partial charge in [-0.2, -0.15) is 11.8 Å². The molecule has 1 fully saturated rings. The smallest absolute Gasteiger partial charge is 0.139 e. The van der Waals surface area contributed by atoms with Gasteiger partial charge in [-0.15, -0.1) is 0 Å². The Balaban J connectivity index is 2.01. The van der Waals surface area contributed by atoms with Crippen LogP contribution in [-0.4, -0.2) is 34.1 Å². The Bertz CT molecular complexity index is 530. The molecule has 1 aliphatic carbocycles. The van der Waals surface area contributed by atoms with Crippen molar-refractivity contribution in [1.29, 1.82) is 0 Å². The lowest BCUT2D eigenvalue weighted by Gasteiger charge is -2.33. The number of thiocarbonyl (C=S) groups is 1. The Hall–Kier alpha value is -0.810. The fourth-order valence-electron chi connectivity index (χ4n) is 3.06. The number of thioether (sulfide) groups is 1. The maximum absolute atomic E-state index is 5.95. The predicted molar refractivity (Wildman–Crippen MR) is 90.9 cm³/mol. The monoisotopic (exact) mass is 307 g/mol. The van der Waals surface area contributed by atoms with Crippen molar-refractivity contribution in [2.45, 2.75) is 37.9 Å². The molecule has 1 atom stereocenters. The van der Waals surface area contributed by atoms with E-state index < -0.39 is 0 Å². The summed E-state index contributed by atoms with van der Waals surface area (Å²) in [7, 11) is 0. The van der Waals surface area contributed by atoms with Crippen LogP contribution in [0, 0.1) is 0 Å². The highest BCUT2D eigenvalue weighted by atomic mass is 32.2. The third kappa shape index (κ3) is 2.79. The molecular formula is C15H21N3S2. The van der Waals surface area contributed by atoms with Crippen LogP contribution in [0.3, 0.4) is 0 Å². The summed E-state index contributed by atoms with van der Waals surface area (Å²) in [5.74, 6) is 2.17. The van der Waals surface area contributed by atoms with Gasteiger partial charge in [-0.1, -0.05) is 19.1 Å². The number of nitrogens with zero attached hydrogens (tertiary/aromatic N) is 2. The quantitative estimate of drug-likeness (QED) is 0.851. The van der Waals surface area contributed by atoms with Gasteiger partial charge in [-0.25, -0.2) is 4.98 Å². The summed E-state index contributed by atoms with van der Waals surface area (Å²) >= 11 is 7.29. The van der Waals surface area contributed by atoms with E-state index in [1.807, 2.05) is 11.8 Å². The average molecular weight is 307 g/mol. The van der Waals surface area contributed by atoms with Gasteiger partial charge in [0.05, 0.1) is 5.56 Å². The van der Waals surface area contributed by atoms with E-state index >= 15 is 0 Å². The van der Waals surface area contributed by atoms with E-state index in [1.54, 1.807) is 0 Å². The number of anilines is 1. The van der Waals surface area contributed by atoms with Gasteiger partial charge in [-0.05, 0) is 37.3 Å². The second-order valence-corrected chi connectivity index (χ2v) is 7.65. The molecule has 20 heavy (non-hydrogen) atoms. The zero-order valence-corrected chi connectivity index (χ0v) is 13.5. The Morgan fingerprint density at radius 3 is 3.00 bits per heavy atom. The average Bonchev–Trinajstić information content (AvgIpc) is 2.46. The Morgan fingerprint density at radius 1 is 1.45 bits per heavy atom. The number of fused-ring (bicyclic) bond motifs is 1. The minimum absolute atomic E-state index is 0.478. The number of pyridine rings is 1. The van der Waals surface area contributed by atoms with E-state index in [2.05, 4.69) is 17.9 Å². The molecule has 0 amide bonds. The Kier molecular flexibility index (Phi) is 4.17. The first-order valence-electron chi connectivity index (χ1n) is 7.34. The van der Waals surface area contributed by atoms with Gasteiger partial charge in [0.2, 0.25) is 0 Å². The van der Waals surface area contributed by atoms with Gasteiger partial charge in [0, 0.05) is 29.8 Å². The van der Waals surface area contributed by atoms with Gasteiger partial charge in [0.25, 0.3) is 0 Å². The number of aryl methyl sites for hydroxylation is 2. The van der Waals surface area contributed by atoms with Crippen molar-refractivity contribution in [1.82, 2.24) is 4.98 Å². The molecule has 0 spiro atoms. The van der Waals surface area contributed by atoms with E-state index in [0.717, 1.165) is 43.1 Å². The number of rotatable bonds is 2. The molecule has 1 aromatic rings. The first-order chi connectivity index (χ1) is 9.65. The lowest BCUT2D eigenvalue weighted by Crippen LogP contribution is -2.38. The lowest BCUT2D eigenvalue weighted by molar-refractivity contribution is 0.663. The maximum atomic E-state index is 5.95. The van der Waals surface area contributed by atoms with Gasteiger partial charge in [0.1, 0.15) is 10.8 Å². The van der Waals surface area contributed by atoms with Crippen molar-refractivity contribution in [2.24, 2.45) is 5.73 Å². The highest BCUT2D eigenvalue weighted by Crippen LogP contribution is 2.29. The molecular weight excluding hydrogens is 286 g/mol. The van der Waals surface area contributed by atoms with Gasteiger partial charge in [-0.3, -0.25) is 0 Å². The Labute approximate surface area is 130 Å². The summed E-state index contributed by atoms with van der Waals surface area (Å²) in [6.07, 6.45) is 4.71. The van der Waals surface area contributed by atoms with Crippen LogP contribution in [0.2, 0.25) is 0 Å². The molecule has 1 unspecified atom stereocenters. The van der Waals surface area contributed by atoms with Gasteiger partial charge < -0.3 is 10.6 Å². The molecule has 2 N–H and O–H groups in total. The van der Waals surface area contributed by atoms with E-state index in [4.69, 9.17) is 22.9 Å². The molecule has 2 aliphatic rings. The SMILES string of the molecule is CC1CN(c2nc3c(cc2C(N)=S)CCCC3)CCS1. The molecule has 0 aromatic carbocycles. The number of hydrogen-bond acceptors (Lipinski definition) is 4. The third-order valence-corrected chi connectivity index (χ3v) is 5.44. The zero-order valence-electron chi connectivity index (χ0n) is 11.9. The van der Waals surface area contributed by atoms with Crippen LogP contribution >= 0.6 is 24.0 Å². The first-order valence-corrected chi connectivity index (χ1v) is 8.80. The van der Waals surface area contributed by atoms with Crippen LogP contribution in [0.4, 0.5) is 5.82 Å². The second kappa shape index (κ2) is 5.90. The van der Waals surface area contributed by atoms with E-state index in [0.29, 0.717) is 10.2 Å². The van der Waals surface area contributed by atoms with Crippen molar-refractivity contribution in [3.8, 4) is 0 Å². The molecule has 0 bridgehead atoms. The fraction of sp³-hybridized carbons (Fsp3) is 0.600. The molecule has 2 heterocycles. The van der Waals surface area contributed by atoms with E-state index in [1.165, 1.54) is 24.1 Å². The fourth-order valence-corrected chi connectivity index (χ4v) is 4.22. The predicted octanol–water partition coefficient (Wildman–Crippen LogP) is 2.54. The van der Waals surface area contributed by atoms with Crippen molar-refractivity contribution in [2.75, 3.05) is 23.7 Å². The highest BCUT2D eigenvalue weighted by molar-refractivity contribution is 8.00. The van der Waals surface area contributed by atoms with Crippen LogP contribution in [0.1, 0.15) is 36.6 Å². The summed E-state index contributed by atoms with van der Waals surface area (Å²) in [6, 6.07) is 2.20. The molecule has 108 valence electrons. The van der Waals surface area contributed by atoms with Crippen molar-refractivity contribution >= 4 is 34.8 Å². The summed E-state index contributed by atoms with van der Waals surface area (Å²) in [4.78, 5) is 7.79. The third-order valence-electron chi connectivity index (χ3n) is 4.09. The summed E-state index contributed by atoms with van der Waals surface area (Å²) in [6.45, 7) is 4.35. The molecule has 1 aliphatic heterocycles. The maximum Gasteiger partial charge on any atom is 0.139 e. The second-order valence-electron chi connectivity index (χ2n) is 5.66. The van der Waals surface area contributed by atoms with Crippen molar-refractivity contribution in [3.63, 3.8) is 0 Å². The minimum Gasteiger partial charge on any atom is -0.389 e. The van der Waals surface area contributed by atoms with E-state index in [9.17, 15) is 0 Å². The Morgan fingerprint density at radius 2 is 2.25 bits per heavy atom. The molecule has 0 radical (unpaired) electrons. The molecule has 3 rings (SSSR count). The largest absolute Gasteiger partial charge is 0.389 e. The first kappa shape index (κ1) is 14.1. The standard InChI is InChI=1S/C15H21N3S2/c1-10-9-18(6-7-20-10)15-12(14(16)19)8-11-4-2-3-5-13(11)17-15/h8,10H,2-7,9H2,1H3,(H2,16,19). The van der Waals surface area contributed by atoms with Crippen LogP contribution in [0.25, 0.3) is 0 Å². The lowest BCUT2D eigenvalue weighted by atomic mass is 9.94. The summed E-state index contributed by atoms with van der Waals surface area (Å²) in [5.41, 5.74) is 9.53. The highest BCUT2D eigenvalue weighted by Gasteiger charge is 2.23. The molecule has 0 saturated carbocycles. The van der Waals surface area contributed by atoms with Crippen molar-refractivity contribution < 1.29 is 0 Å². The number of nitrogens with two attached hydrogens (primary N) is 1. The van der Waals surface area contributed by atoms with Crippen LogP contribution in [0.5, 0.6) is 0 Å². The topological polar surface area (TPSA) is 42.2 Å². The number of hydrogen-bond donors (Lipinski definition) is 1.